The zero-order valence-electron chi connectivity index (χ0n) is 7.74. The Morgan fingerprint density at radius 2 is 1.77 bits per heavy atom. The summed E-state index contributed by atoms with van der Waals surface area (Å²) in [5, 5.41) is 7.99. The highest BCUT2D eigenvalue weighted by molar-refractivity contribution is 5.66. The van der Waals surface area contributed by atoms with E-state index in [1.54, 1.807) is 0 Å². The highest BCUT2D eigenvalue weighted by Crippen LogP contribution is 1.82. The van der Waals surface area contributed by atoms with Gasteiger partial charge in [0.1, 0.15) is 6.29 Å². The molecule has 0 aliphatic carbocycles. The van der Waals surface area contributed by atoms with Crippen LogP contribution in [0.25, 0.3) is 0 Å². The van der Waals surface area contributed by atoms with E-state index >= 15 is 0 Å². The van der Waals surface area contributed by atoms with Crippen LogP contribution in [0.2, 0.25) is 0 Å². The van der Waals surface area contributed by atoms with Gasteiger partial charge in [-0.05, 0) is 25.9 Å². The lowest BCUT2D eigenvalue weighted by Crippen LogP contribution is -2.02. The molecule has 0 aromatic carbocycles. The summed E-state index contributed by atoms with van der Waals surface area (Å²) in [5.41, 5.74) is 10.1. The molecule has 0 aromatic heterocycles. The number of hydrogen-bond donors (Lipinski definition) is 3. The number of aldehydes is 1. The van der Waals surface area contributed by atoms with Crippen molar-refractivity contribution in [2.45, 2.75) is 25.7 Å². The Morgan fingerprint density at radius 3 is 1.92 bits per heavy atom. The summed E-state index contributed by atoms with van der Waals surface area (Å²) in [6.07, 6.45) is 3.08. The van der Waals surface area contributed by atoms with Gasteiger partial charge in [0, 0.05) is 12.8 Å². The van der Waals surface area contributed by atoms with E-state index in [4.69, 9.17) is 16.6 Å². The minimum absolute atomic E-state index is 0.191. The molecule has 0 unspecified atom stereocenters. The van der Waals surface area contributed by atoms with Gasteiger partial charge in [0.15, 0.2) is 0 Å². The number of carbonyl (C=O) groups is 2. The minimum atomic E-state index is -0.773. The predicted octanol–water partition coefficient (Wildman–Crippen LogP) is -0.266. The van der Waals surface area contributed by atoms with E-state index in [1.165, 1.54) is 0 Å². The van der Waals surface area contributed by atoms with Crippen molar-refractivity contribution >= 4 is 12.3 Å². The van der Waals surface area contributed by atoms with Gasteiger partial charge in [0.25, 0.3) is 0 Å². The first-order valence-electron chi connectivity index (χ1n) is 4.24. The summed E-state index contributed by atoms with van der Waals surface area (Å²) in [4.78, 5) is 19.2. The van der Waals surface area contributed by atoms with Crippen LogP contribution in [0.5, 0.6) is 0 Å². The minimum Gasteiger partial charge on any atom is -0.481 e. The average Bonchev–Trinajstić information content (AvgIpc) is 2.12. The molecular weight excluding hydrogens is 172 g/mol. The number of nitrogens with two attached hydrogens (primary N) is 2. The van der Waals surface area contributed by atoms with E-state index in [0.29, 0.717) is 25.9 Å². The zero-order valence-corrected chi connectivity index (χ0v) is 7.74. The van der Waals surface area contributed by atoms with E-state index in [0.717, 1.165) is 12.7 Å². The third-order valence-corrected chi connectivity index (χ3v) is 1.12. The maximum atomic E-state index is 9.70. The fraction of sp³-hybridized carbons (Fsp3) is 0.750. The van der Waals surface area contributed by atoms with E-state index in [1.807, 2.05) is 0 Å². The van der Waals surface area contributed by atoms with Crippen LogP contribution in [0.15, 0.2) is 0 Å². The van der Waals surface area contributed by atoms with Gasteiger partial charge in [0.2, 0.25) is 0 Å². The number of aliphatic carboxylic acids is 1. The second-order valence-electron chi connectivity index (χ2n) is 2.38. The van der Waals surface area contributed by atoms with E-state index < -0.39 is 5.97 Å². The molecule has 0 aliphatic rings. The average molecular weight is 190 g/mol. The van der Waals surface area contributed by atoms with Crippen LogP contribution in [-0.2, 0) is 9.59 Å². The van der Waals surface area contributed by atoms with Crippen molar-refractivity contribution in [2.75, 3.05) is 13.1 Å². The lowest BCUT2D eigenvalue weighted by Gasteiger charge is -1.86. The SMILES string of the molecule is NCCCC(=O)O.NCCCC=O. The van der Waals surface area contributed by atoms with Gasteiger partial charge in [-0.15, -0.1) is 0 Å². The third kappa shape index (κ3) is 24.7. The van der Waals surface area contributed by atoms with Gasteiger partial charge in [-0.1, -0.05) is 0 Å². The van der Waals surface area contributed by atoms with Crippen molar-refractivity contribution in [3.8, 4) is 0 Å². The summed E-state index contributed by atoms with van der Waals surface area (Å²) in [5.74, 6) is -0.773. The van der Waals surface area contributed by atoms with Gasteiger partial charge in [-0.25, -0.2) is 0 Å². The monoisotopic (exact) mass is 190 g/mol. The van der Waals surface area contributed by atoms with Crippen LogP contribution < -0.4 is 11.5 Å². The Labute approximate surface area is 78.1 Å². The maximum absolute atomic E-state index is 9.70. The molecule has 0 saturated carbocycles. The van der Waals surface area contributed by atoms with Crippen molar-refractivity contribution in [3.05, 3.63) is 0 Å². The van der Waals surface area contributed by atoms with Crippen molar-refractivity contribution in [1.82, 2.24) is 0 Å². The second kappa shape index (κ2) is 13.6. The Hall–Kier alpha value is -0.940. The van der Waals surface area contributed by atoms with E-state index in [-0.39, 0.29) is 6.42 Å². The number of hydrogen-bond acceptors (Lipinski definition) is 4. The summed E-state index contributed by atoms with van der Waals surface area (Å²) in [6, 6.07) is 0. The molecule has 0 aliphatic heterocycles. The Morgan fingerprint density at radius 1 is 1.23 bits per heavy atom. The van der Waals surface area contributed by atoms with E-state index in [9.17, 15) is 9.59 Å². The van der Waals surface area contributed by atoms with Crippen molar-refractivity contribution in [1.29, 1.82) is 0 Å². The number of carbonyl (C=O) groups excluding carboxylic acids is 1. The lowest BCUT2D eigenvalue weighted by molar-refractivity contribution is -0.137. The highest BCUT2D eigenvalue weighted by atomic mass is 16.4. The van der Waals surface area contributed by atoms with Gasteiger partial charge < -0.3 is 21.4 Å². The molecule has 5 N–H and O–H groups in total. The van der Waals surface area contributed by atoms with E-state index in [2.05, 4.69) is 0 Å². The normalized spacial score (nSPS) is 8.46. The first kappa shape index (κ1) is 14.6. The number of unbranched alkanes of at least 4 members (excludes halogenated alkanes) is 1. The molecule has 0 rings (SSSR count). The molecule has 0 aromatic rings. The molecule has 0 bridgehead atoms. The van der Waals surface area contributed by atoms with Crippen molar-refractivity contribution < 1.29 is 14.7 Å². The standard InChI is InChI=1S/C4H9NO2.C4H9NO/c5-3-1-2-4(6)7;5-3-1-2-4-6/h1-3,5H2,(H,6,7);4H,1-3,5H2. The van der Waals surface area contributed by atoms with Crippen LogP contribution in [0.3, 0.4) is 0 Å². The summed E-state index contributed by atoms with van der Waals surface area (Å²) in [6.45, 7) is 1.09. The largest absolute Gasteiger partial charge is 0.481 e. The zero-order chi connectivity index (χ0) is 10.5. The molecule has 0 atom stereocenters. The summed E-state index contributed by atoms with van der Waals surface area (Å²) in [7, 11) is 0. The third-order valence-electron chi connectivity index (χ3n) is 1.12. The molecule has 5 heteroatoms. The molecule has 0 amide bonds. The molecule has 13 heavy (non-hydrogen) atoms. The fourth-order valence-corrected chi connectivity index (χ4v) is 0.454. The summed E-state index contributed by atoms with van der Waals surface area (Å²) < 4.78 is 0. The highest BCUT2D eigenvalue weighted by Gasteiger charge is 1.91. The quantitative estimate of drug-likeness (QED) is 0.395. The smallest absolute Gasteiger partial charge is 0.303 e. The molecule has 0 fully saturated rings. The Kier molecular flexibility index (Phi) is 15.3. The first-order valence-corrected chi connectivity index (χ1v) is 4.24. The maximum Gasteiger partial charge on any atom is 0.303 e. The first-order chi connectivity index (χ1) is 6.18. The molecular formula is C8H18N2O3. The van der Waals surface area contributed by atoms with Gasteiger partial charge in [0.05, 0.1) is 0 Å². The Balaban J connectivity index is 0. The number of carboxylic acids is 1. The molecule has 0 heterocycles. The second-order valence-corrected chi connectivity index (χ2v) is 2.38. The van der Waals surface area contributed by atoms with Crippen LogP contribution in [0, 0.1) is 0 Å². The van der Waals surface area contributed by atoms with Crippen LogP contribution >= 0.6 is 0 Å². The van der Waals surface area contributed by atoms with Crippen molar-refractivity contribution in [3.63, 3.8) is 0 Å². The Bertz CT molecular complexity index is 129. The van der Waals surface area contributed by atoms with Gasteiger partial charge in [-0.2, -0.15) is 0 Å². The molecule has 5 nitrogen and oxygen atoms in total. The van der Waals surface area contributed by atoms with Crippen molar-refractivity contribution in [2.24, 2.45) is 11.5 Å². The van der Waals surface area contributed by atoms with Crippen LogP contribution in [-0.4, -0.2) is 30.5 Å². The van der Waals surface area contributed by atoms with Gasteiger partial charge >= 0.3 is 5.97 Å². The summed E-state index contributed by atoms with van der Waals surface area (Å²) >= 11 is 0. The molecule has 0 spiro atoms. The number of rotatable bonds is 6. The van der Waals surface area contributed by atoms with Gasteiger partial charge in [-0.3, -0.25) is 4.79 Å². The lowest BCUT2D eigenvalue weighted by atomic mass is 10.3. The molecule has 0 radical (unpaired) electrons. The fourth-order valence-electron chi connectivity index (χ4n) is 0.454. The van der Waals surface area contributed by atoms with Crippen LogP contribution in [0.4, 0.5) is 0 Å². The topological polar surface area (TPSA) is 106 Å². The molecule has 78 valence electrons. The predicted molar refractivity (Wildman–Crippen MR) is 50.3 cm³/mol. The van der Waals surface area contributed by atoms with Crippen LogP contribution in [0.1, 0.15) is 25.7 Å². The number of carboxylic acid groups (broad SMARTS) is 1. The molecule has 0 saturated heterocycles.